The molecule has 5 heteroatoms. The highest BCUT2D eigenvalue weighted by Gasteiger charge is 2.11. The number of rotatable bonds is 2. The number of H-pyrrole nitrogens is 1. The van der Waals surface area contributed by atoms with Crippen LogP contribution >= 0.6 is 0 Å². The molecule has 0 aliphatic rings. The fourth-order valence-corrected chi connectivity index (χ4v) is 2.54. The van der Waals surface area contributed by atoms with Crippen molar-refractivity contribution in [1.82, 2.24) is 19.9 Å². The molecule has 0 aliphatic carbocycles. The van der Waals surface area contributed by atoms with E-state index >= 15 is 0 Å². The van der Waals surface area contributed by atoms with Crippen LogP contribution in [0.25, 0.3) is 21.8 Å². The SMILES string of the molecule is Cc1[nH]c2ncccc2c1Nc1nccc2cnccc12. The van der Waals surface area contributed by atoms with Crippen molar-refractivity contribution >= 4 is 33.3 Å². The number of nitrogens with zero attached hydrogens (tertiary/aromatic N) is 3. The number of nitrogens with one attached hydrogen (secondary N) is 2. The Hall–Kier alpha value is -2.95. The minimum atomic E-state index is 0.822. The van der Waals surface area contributed by atoms with Crippen LogP contribution in [-0.2, 0) is 0 Å². The largest absolute Gasteiger partial charge is 0.342 e. The average molecular weight is 275 g/mol. The van der Waals surface area contributed by atoms with Gasteiger partial charge in [-0.2, -0.15) is 0 Å². The molecule has 0 bridgehead atoms. The lowest BCUT2D eigenvalue weighted by Gasteiger charge is -2.08. The number of aromatic amines is 1. The van der Waals surface area contributed by atoms with Crippen LogP contribution in [0, 0.1) is 6.92 Å². The summed E-state index contributed by atoms with van der Waals surface area (Å²) in [4.78, 5) is 16.2. The van der Waals surface area contributed by atoms with Crippen molar-refractivity contribution in [3.05, 3.63) is 54.7 Å². The van der Waals surface area contributed by atoms with Crippen molar-refractivity contribution in [1.29, 1.82) is 0 Å². The van der Waals surface area contributed by atoms with Crippen LogP contribution in [0.1, 0.15) is 5.69 Å². The number of fused-ring (bicyclic) bond motifs is 2. The molecular weight excluding hydrogens is 262 g/mol. The highest BCUT2D eigenvalue weighted by atomic mass is 15.0. The van der Waals surface area contributed by atoms with Crippen molar-refractivity contribution < 1.29 is 0 Å². The van der Waals surface area contributed by atoms with Gasteiger partial charge in [-0.15, -0.1) is 0 Å². The summed E-state index contributed by atoms with van der Waals surface area (Å²) in [6.45, 7) is 2.02. The first-order valence-corrected chi connectivity index (χ1v) is 6.72. The zero-order chi connectivity index (χ0) is 14.2. The van der Waals surface area contributed by atoms with Crippen LogP contribution in [-0.4, -0.2) is 19.9 Å². The molecule has 0 atom stereocenters. The van der Waals surface area contributed by atoms with Crippen LogP contribution < -0.4 is 5.32 Å². The molecule has 0 fully saturated rings. The second-order valence-electron chi connectivity index (χ2n) is 4.91. The Kier molecular flexibility index (Phi) is 2.57. The molecule has 4 aromatic rings. The fourth-order valence-electron chi connectivity index (χ4n) is 2.54. The predicted molar refractivity (Wildman–Crippen MR) is 83.7 cm³/mol. The van der Waals surface area contributed by atoms with E-state index in [2.05, 4.69) is 25.3 Å². The Labute approximate surface area is 121 Å². The third kappa shape index (κ3) is 1.90. The van der Waals surface area contributed by atoms with E-state index in [0.29, 0.717) is 0 Å². The smallest absolute Gasteiger partial charge is 0.139 e. The van der Waals surface area contributed by atoms with E-state index in [1.165, 1.54) is 0 Å². The molecule has 102 valence electrons. The fraction of sp³-hybridized carbons (Fsp3) is 0.0625. The highest BCUT2D eigenvalue weighted by Crippen LogP contribution is 2.30. The molecule has 0 amide bonds. The van der Waals surface area contributed by atoms with Gasteiger partial charge >= 0.3 is 0 Å². The van der Waals surface area contributed by atoms with E-state index < -0.39 is 0 Å². The van der Waals surface area contributed by atoms with Gasteiger partial charge in [-0.3, -0.25) is 4.98 Å². The predicted octanol–water partition coefficient (Wildman–Crippen LogP) is 3.56. The molecule has 0 spiro atoms. The number of pyridine rings is 3. The lowest BCUT2D eigenvalue weighted by Crippen LogP contribution is -1.95. The Morgan fingerprint density at radius 2 is 1.95 bits per heavy atom. The number of aryl methyl sites for hydroxylation is 1. The number of aromatic nitrogens is 4. The van der Waals surface area contributed by atoms with Crippen LogP contribution in [0.4, 0.5) is 11.5 Å². The van der Waals surface area contributed by atoms with Crippen molar-refractivity contribution in [3.63, 3.8) is 0 Å². The van der Waals surface area contributed by atoms with Crippen LogP contribution in [0.5, 0.6) is 0 Å². The topological polar surface area (TPSA) is 66.5 Å². The van der Waals surface area contributed by atoms with Gasteiger partial charge in [0.15, 0.2) is 0 Å². The number of hydrogen-bond acceptors (Lipinski definition) is 4. The summed E-state index contributed by atoms with van der Waals surface area (Å²) in [6, 6.07) is 7.90. The first-order valence-electron chi connectivity index (χ1n) is 6.72. The summed E-state index contributed by atoms with van der Waals surface area (Å²) in [5.41, 5.74) is 2.92. The van der Waals surface area contributed by atoms with Gasteiger partial charge in [-0.1, -0.05) is 0 Å². The van der Waals surface area contributed by atoms with Crippen LogP contribution in [0.3, 0.4) is 0 Å². The Morgan fingerprint density at radius 3 is 2.90 bits per heavy atom. The van der Waals surface area contributed by atoms with Gasteiger partial charge in [-0.25, -0.2) is 9.97 Å². The molecule has 21 heavy (non-hydrogen) atoms. The molecule has 4 heterocycles. The Balaban J connectivity index is 1.89. The van der Waals surface area contributed by atoms with E-state index in [9.17, 15) is 0 Å². The van der Waals surface area contributed by atoms with E-state index in [1.807, 2.05) is 37.4 Å². The summed E-state index contributed by atoms with van der Waals surface area (Å²) in [5.74, 6) is 0.822. The zero-order valence-corrected chi connectivity index (χ0v) is 11.5. The van der Waals surface area contributed by atoms with Crippen molar-refractivity contribution in [2.24, 2.45) is 0 Å². The number of anilines is 2. The summed E-state index contributed by atoms with van der Waals surface area (Å²) >= 11 is 0. The molecular formula is C16H13N5. The monoisotopic (exact) mass is 275 g/mol. The minimum absolute atomic E-state index is 0.822. The van der Waals surface area contributed by atoms with Crippen molar-refractivity contribution in [3.8, 4) is 0 Å². The second-order valence-corrected chi connectivity index (χ2v) is 4.91. The van der Waals surface area contributed by atoms with Crippen molar-refractivity contribution in [2.45, 2.75) is 6.92 Å². The molecule has 5 nitrogen and oxygen atoms in total. The minimum Gasteiger partial charge on any atom is -0.342 e. The molecule has 4 rings (SSSR count). The van der Waals surface area contributed by atoms with Gasteiger partial charge < -0.3 is 10.3 Å². The highest BCUT2D eigenvalue weighted by molar-refractivity contribution is 5.98. The lowest BCUT2D eigenvalue weighted by molar-refractivity contribution is 1.24. The summed E-state index contributed by atoms with van der Waals surface area (Å²) in [6.07, 6.45) is 7.18. The maximum Gasteiger partial charge on any atom is 0.139 e. The molecule has 2 N–H and O–H groups in total. The Morgan fingerprint density at radius 1 is 1.00 bits per heavy atom. The summed E-state index contributed by atoms with van der Waals surface area (Å²) in [5, 5.41) is 6.59. The molecule has 0 aromatic carbocycles. The molecule has 0 saturated carbocycles. The van der Waals surface area contributed by atoms with E-state index in [0.717, 1.165) is 39.0 Å². The first kappa shape index (κ1) is 11.8. The summed E-state index contributed by atoms with van der Waals surface area (Å²) in [7, 11) is 0. The average Bonchev–Trinajstić information content (AvgIpc) is 2.84. The van der Waals surface area contributed by atoms with Crippen LogP contribution in [0.15, 0.2) is 49.1 Å². The standard InChI is InChI=1S/C16H13N5/c1-10-14(13-3-2-6-18-16(13)20-10)21-15-12-5-7-17-9-11(12)4-8-19-15/h2-9H,1H3,(H,18,20)(H,19,21). The lowest BCUT2D eigenvalue weighted by atomic mass is 10.2. The molecule has 0 radical (unpaired) electrons. The van der Waals surface area contributed by atoms with Gasteiger partial charge in [0.05, 0.1) is 5.69 Å². The molecule has 4 aromatic heterocycles. The number of hydrogen-bond donors (Lipinski definition) is 2. The van der Waals surface area contributed by atoms with Gasteiger partial charge in [-0.05, 0) is 31.2 Å². The second kappa shape index (κ2) is 4.56. The van der Waals surface area contributed by atoms with Gasteiger partial charge in [0.25, 0.3) is 0 Å². The zero-order valence-electron chi connectivity index (χ0n) is 11.5. The Bertz CT molecular complexity index is 936. The normalized spacial score (nSPS) is 11.1. The third-order valence-electron chi connectivity index (χ3n) is 3.57. The van der Waals surface area contributed by atoms with Crippen LogP contribution in [0.2, 0.25) is 0 Å². The summed E-state index contributed by atoms with van der Waals surface area (Å²) < 4.78 is 0. The van der Waals surface area contributed by atoms with Gasteiger partial charge in [0, 0.05) is 46.6 Å². The molecule has 0 unspecified atom stereocenters. The van der Waals surface area contributed by atoms with E-state index in [4.69, 9.17) is 0 Å². The van der Waals surface area contributed by atoms with E-state index in [-0.39, 0.29) is 0 Å². The first-order chi connectivity index (χ1) is 10.3. The van der Waals surface area contributed by atoms with Crippen molar-refractivity contribution in [2.75, 3.05) is 5.32 Å². The maximum absolute atomic E-state index is 4.46. The van der Waals surface area contributed by atoms with Gasteiger partial charge in [0.2, 0.25) is 0 Å². The van der Waals surface area contributed by atoms with E-state index in [1.54, 1.807) is 18.6 Å². The molecule has 0 aliphatic heterocycles. The van der Waals surface area contributed by atoms with Gasteiger partial charge in [0.1, 0.15) is 11.5 Å². The molecule has 0 saturated heterocycles. The third-order valence-corrected chi connectivity index (χ3v) is 3.57. The maximum atomic E-state index is 4.46. The quantitative estimate of drug-likeness (QED) is 0.587.